The van der Waals surface area contributed by atoms with Crippen LogP contribution in [0.25, 0.3) is 6.08 Å². The number of aromatic nitrogens is 1. The number of carbonyl (C=O) groups is 2. The van der Waals surface area contributed by atoms with Crippen molar-refractivity contribution in [3.05, 3.63) is 52.0 Å². The molecule has 1 aromatic carbocycles. The molecule has 2 heterocycles. The summed E-state index contributed by atoms with van der Waals surface area (Å²) >= 11 is 7.34. The number of thiazole rings is 1. The smallest absolute Gasteiger partial charge is 0.330 e. The molecule has 0 radical (unpaired) electrons. The van der Waals surface area contributed by atoms with Gasteiger partial charge in [0.05, 0.1) is 12.3 Å². The Kier molecular flexibility index (Phi) is 6.47. The number of likely N-dealkylation sites (tertiary alicyclic amines) is 1. The van der Waals surface area contributed by atoms with Crippen LogP contribution in [0.2, 0.25) is 5.02 Å². The first-order chi connectivity index (χ1) is 13.0. The molecule has 1 saturated heterocycles. The van der Waals surface area contributed by atoms with E-state index < -0.39 is 0 Å². The van der Waals surface area contributed by atoms with Crippen molar-refractivity contribution in [1.29, 1.82) is 0 Å². The molecule has 6 nitrogen and oxygen atoms in total. The summed E-state index contributed by atoms with van der Waals surface area (Å²) in [4.78, 5) is 30.2. The van der Waals surface area contributed by atoms with E-state index in [1.165, 1.54) is 17.4 Å². The van der Waals surface area contributed by atoms with Crippen molar-refractivity contribution in [1.82, 2.24) is 9.88 Å². The Hall–Kier alpha value is -2.38. The van der Waals surface area contributed by atoms with Crippen LogP contribution in [0.4, 0.5) is 5.13 Å². The standard InChI is InChI=1S/C19H20ClN3O3S/c1-2-26-17(24)8-7-16-12-27-19(22-16)21-15-9-10-23(11-15)18(25)13-3-5-14(20)6-4-13/h3-8,12,15H,2,9-11H2,1H3,(H,21,22). The lowest BCUT2D eigenvalue weighted by atomic mass is 10.2. The Morgan fingerprint density at radius 2 is 2.19 bits per heavy atom. The van der Waals surface area contributed by atoms with Crippen LogP contribution >= 0.6 is 22.9 Å². The molecular formula is C19H20ClN3O3S. The van der Waals surface area contributed by atoms with Crippen LogP contribution in [0.15, 0.2) is 35.7 Å². The lowest BCUT2D eigenvalue weighted by Crippen LogP contribution is -2.31. The molecular weight excluding hydrogens is 386 g/mol. The highest BCUT2D eigenvalue weighted by atomic mass is 35.5. The molecule has 0 bridgehead atoms. The van der Waals surface area contributed by atoms with Gasteiger partial charge < -0.3 is 15.0 Å². The van der Waals surface area contributed by atoms with E-state index in [-0.39, 0.29) is 17.9 Å². The number of ether oxygens (including phenoxy) is 1. The third kappa shape index (κ3) is 5.30. The number of benzene rings is 1. The third-order valence-corrected chi connectivity index (χ3v) is 5.14. The molecule has 1 aliphatic rings. The van der Waals surface area contributed by atoms with Gasteiger partial charge in [0.2, 0.25) is 0 Å². The first-order valence-corrected chi connectivity index (χ1v) is 9.92. The molecule has 27 heavy (non-hydrogen) atoms. The lowest BCUT2D eigenvalue weighted by molar-refractivity contribution is -0.137. The van der Waals surface area contributed by atoms with Crippen molar-refractivity contribution < 1.29 is 14.3 Å². The molecule has 8 heteroatoms. The van der Waals surface area contributed by atoms with Gasteiger partial charge in [-0.3, -0.25) is 4.79 Å². The van der Waals surface area contributed by atoms with Crippen molar-refractivity contribution in [2.24, 2.45) is 0 Å². The van der Waals surface area contributed by atoms with E-state index in [4.69, 9.17) is 16.3 Å². The van der Waals surface area contributed by atoms with Crippen molar-refractivity contribution in [3.63, 3.8) is 0 Å². The summed E-state index contributed by atoms with van der Waals surface area (Å²) in [5.41, 5.74) is 1.34. The number of anilines is 1. The third-order valence-electron chi connectivity index (χ3n) is 4.09. The minimum Gasteiger partial charge on any atom is -0.463 e. The maximum Gasteiger partial charge on any atom is 0.330 e. The number of rotatable bonds is 6. The number of nitrogens with zero attached hydrogens (tertiary/aromatic N) is 2. The zero-order chi connectivity index (χ0) is 19.2. The van der Waals surface area contributed by atoms with Crippen LogP contribution in [0.3, 0.4) is 0 Å². The average Bonchev–Trinajstić information content (AvgIpc) is 3.30. The predicted molar refractivity (Wildman–Crippen MR) is 107 cm³/mol. The molecule has 142 valence electrons. The molecule has 0 spiro atoms. The Labute approximate surface area is 166 Å². The molecule has 1 N–H and O–H groups in total. The molecule has 1 amide bonds. The van der Waals surface area contributed by atoms with Crippen LogP contribution in [0, 0.1) is 0 Å². The molecule has 1 aliphatic heterocycles. The van der Waals surface area contributed by atoms with Crippen molar-refractivity contribution >= 4 is 46.0 Å². The summed E-state index contributed by atoms with van der Waals surface area (Å²) in [6.07, 6.45) is 3.85. The van der Waals surface area contributed by atoms with Crippen LogP contribution in [-0.2, 0) is 9.53 Å². The summed E-state index contributed by atoms with van der Waals surface area (Å²) in [6, 6.07) is 7.08. The van der Waals surface area contributed by atoms with Gasteiger partial charge in [-0.1, -0.05) is 11.6 Å². The van der Waals surface area contributed by atoms with Crippen LogP contribution in [0.5, 0.6) is 0 Å². The van der Waals surface area contributed by atoms with E-state index in [0.717, 1.165) is 11.6 Å². The van der Waals surface area contributed by atoms with E-state index in [2.05, 4.69) is 10.3 Å². The lowest BCUT2D eigenvalue weighted by Gasteiger charge is -2.17. The van der Waals surface area contributed by atoms with Gasteiger partial charge in [-0.15, -0.1) is 11.3 Å². The topological polar surface area (TPSA) is 71.5 Å². The van der Waals surface area contributed by atoms with Gasteiger partial charge in [-0.25, -0.2) is 9.78 Å². The quantitative estimate of drug-likeness (QED) is 0.586. The number of hydrogen-bond donors (Lipinski definition) is 1. The molecule has 3 rings (SSSR count). The second-order valence-electron chi connectivity index (χ2n) is 6.05. The Bertz CT molecular complexity index is 835. The molecule has 2 aromatic rings. The maximum absolute atomic E-state index is 12.6. The SMILES string of the molecule is CCOC(=O)C=Cc1csc(NC2CCN(C(=O)c3ccc(Cl)cc3)C2)n1. The normalized spacial score (nSPS) is 16.7. The summed E-state index contributed by atoms with van der Waals surface area (Å²) < 4.78 is 4.84. The predicted octanol–water partition coefficient (Wildman–Crippen LogP) is 3.70. The van der Waals surface area contributed by atoms with Crippen LogP contribution in [-0.4, -0.2) is 47.5 Å². The monoisotopic (exact) mass is 405 g/mol. The van der Waals surface area contributed by atoms with Gasteiger partial charge in [0.15, 0.2) is 5.13 Å². The van der Waals surface area contributed by atoms with Gasteiger partial charge >= 0.3 is 5.97 Å². The number of hydrogen-bond acceptors (Lipinski definition) is 6. The van der Waals surface area contributed by atoms with Gasteiger partial charge in [0, 0.05) is 41.2 Å². The zero-order valence-electron chi connectivity index (χ0n) is 14.9. The maximum atomic E-state index is 12.6. The summed E-state index contributed by atoms with van der Waals surface area (Å²) in [7, 11) is 0. The fourth-order valence-corrected chi connectivity index (χ4v) is 3.67. The number of esters is 1. The van der Waals surface area contributed by atoms with Crippen molar-refractivity contribution in [2.45, 2.75) is 19.4 Å². The fourth-order valence-electron chi connectivity index (χ4n) is 2.78. The highest BCUT2D eigenvalue weighted by Crippen LogP contribution is 2.22. The van der Waals surface area contributed by atoms with Gasteiger partial charge in [-0.05, 0) is 43.7 Å². The Morgan fingerprint density at radius 3 is 2.93 bits per heavy atom. The van der Waals surface area contributed by atoms with Crippen LogP contribution in [0.1, 0.15) is 29.4 Å². The Balaban J connectivity index is 1.53. The number of nitrogens with one attached hydrogen (secondary N) is 1. The molecule has 1 fully saturated rings. The molecule has 1 atom stereocenters. The average molecular weight is 406 g/mol. The minimum atomic E-state index is -0.382. The first-order valence-electron chi connectivity index (χ1n) is 8.67. The second-order valence-corrected chi connectivity index (χ2v) is 7.35. The highest BCUT2D eigenvalue weighted by molar-refractivity contribution is 7.13. The molecule has 0 aliphatic carbocycles. The summed E-state index contributed by atoms with van der Waals surface area (Å²) in [5, 5.41) is 6.61. The van der Waals surface area contributed by atoms with E-state index in [1.54, 1.807) is 37.3 Å². The van der Waals surface area contributed by atoms with E-state index >= 15 is 0 Å². The number of amides is 1. The molecule has 1 aromatic heterocycles. The molecule has 1 unspecified atom stereocenters. The summed E-state index contributed by atoms with van der Waals surface area (Å²) in [6.45, 7) is 3.42. The zero-order valence-corrected chi connectivity index (χ0v) is 16.4. The molecule has 0 saturated carbocycles. The minimum absolute atomic E-state index is 0.00756. The van der Waals surface area contributed by atoms with Gasteiger partial charge in [0.1, 0.15) is 0 Å². The number of carbonyl (C=O) groups excluding carboxylic acids is 2. The summed E-state index contributed by atoms with van der Waals surface area (Å²) in [5.74, 6) is -0.375. The van der Waals surface area contributed by atoms with E-state index in [0.29, 0.717) is 36.0 Å². The van der Waals surface area contributed by atoms with Crippen LogP contribution < -0.4 is 5.32 Å². The van der Waals surface area contributed by atoms with E-state index in [9.17, 15) is 9.59 Å². The largest absolute Gasteiger partial charge is 0.463 e. The Morgan fingerprint density at radius 1 is 1.41 bits per heavy atom. The van der Waals surface area contributed by atoms with E-state index in [1.807, 2.05) is 10.3 Å². The highest BCUT2D eigenvalue weighted by Gasteiger charge is 2.27. The first kappa shape index (κ1) is 19.4. The van der Waals surface area contributed by atoms with Crippen molar-refractivity contribution in [2.75, 3.05) is 25.0 Å². The van der Waals surface area contributed by atoms with Gasteiger partial charge in [-0.2, -0.15) is 0 Å². The second kappa shape index (κ2) is 9.01. The van der Waals surface area contributed by atoms with Crippen molar-refractivity contribution in [3.8, 4) is 0 Å². The number of halogens is 1. The fraction of sp³-hybridized carbons (Fsp3) is 0.316. The van der Waals surface area contributed by atoms with Gasteiger partial charge in [0.25, 0.3) is 5.91 Å².